The molecule has 96 valence electrons. The third-order valence-corrected chi connectivity index (χ3v) is 2.82. The molecule has 4 heteroatoms. The summed E-state index contributed by atoms with van der Waals surface area (Å²) in [4.78, 5) is 0. The lowest BCUT2D eigenvalue weighted by molar-refractivity contribution is -0.106. The van der Waals surface area contributed by atoms with Gasteiger partial charge in [0.2, 0.25) is 0 Å². The molecule has 0 fully saturated rings. The zero-order valence-electron chi connectivity index (χ0n) is 10.5. The molecule has 0 bridgehead atoms. The highest BCUT2D eigenvalue weighted by atomic mass is 35.5. The van der Waals surface area contributed by atoms with Crippen LogP contribution in [0, 0.1) is 0 Å². The molecule has 3 nitrogen and oxygen atoms in total. The second kappa shape index (κ2) is 7.54. The SMILES string of the molecule is COc1cc(Cl)cc(CCCC(OC)OC)c1. The Morgan fingerprint density at radius 3 is 2.41 bits per heavy atom. The van der Waals surface area contributed by atoms with Gasteiger partial charge in [-0.3, -0.25) is 0 Å². The van der Waals surface area contributed by atoms with Crippen LogP contribution in [0.4, 0.5) is 0 Å². The summed E-state index contributed by atoms with van der Waals surface area (Å²) in [5.41, 5.74) is 1.17. The number of hydrogen-bond donors (Lipinski definition) is 0. The van der Waals surface area contributed by atoms with Crippen molar-refractivity contribution in [3.63, 3.8) is 0 Å². The van der Waals surface area contributed by atoms with Crippen molar-refractivity contribution in [3.8, 4) is 5.75 Å². The Kier molecular flexibility index (Phi) is 6.34. The molecule has 17 heavy (non-hydrogen) atoms. The fourth-order valence-electron chi connectivity index (χ4n) is 1.69. The summed E-state index contributed by atoms with van der Waals surface area (Å²) >= 11 is 6.00. The first-order valence-electron chi connectivity index (χ1n) is 5.58. The number of aryl methyl sites for hydroxylation is 1. The highest BCUT2D eigenvalue weighted by Gasteiger charge is 2.05. The Bertz CT molecular complexity index is 337. The van der Waals surface area contributed by atoms with E-state index in [0.29, 0.717) is 5.02 Å². The van der Waals surface area contributed by atoms with Crippen LogP contribution in [-0.4, -0.2) is 27.6 Å². The van der Waals surface area contributed by atoms with Crippen LogP contribution < -0.4 is 4.74 Å². The zero-order valence-corrected chi connectivity index (χ0v) is 11.3. The van der Waals surface area contributed by atoms with Gasteiger partial charge in [-0.05, 0) is 43.0 Å². The van der Waals surface area contributed by atoms with Crippen LogP contribution in [0.2, 0.25) is 5.02 Å². The summed E-state index contributed by atoms with van der Waals surface area (Å²) in [6.07, 6.45) is 2.65. The van der Waals surface area contributed by atoms with Crippen molar-refractivity contribution in [1.82, 2.24) is 0 Å². The minimum absolute atomic E-state index is 0.129. The first-order valence-corrected chi connectivity index (χ1v) is 5.96. The summed E-state index contributed by atoms with van der Waals surface area (Å²) < 4.78 is 15.4. The molecule has 1 rings (SSSR count). The fourth-order valence-corrected chi connectivity index (χ4v) is 1.94. The molecule has 0 N–H and O–H groups in total. The van der Waals surface area contributed by atoms with Gasteiger partial charge in [-0.15, -0.1) is 0 Å². The van der Waals surface area contributed by atoms with Crippen LogP contribution in [-0.2, 0) is 15.9 Å². The van der Waals surface area contributed by atoms with Gasteiger partial charge in [0, 0.05) is 19.2 Å². The number of methoxy groups -OCH3 is 3. The van der Waals surface area contributed by atoms with Crippen molar-refractivity contribution in [2.45, 2.75) is 25.6 Å². The highest BCUT2D eigenvalue weighted by Crippen LogP contribution is 2.22. The van der Waals surface area contributed by atoms with E-state index in [2.05, 4.69) is 0 Å². The molecule has 0 amide bonds. The maximum atomic E-state index is 6.00. The van der Waals surface area contributed by atoms with E-state index in [1.807, 2.05) is 12.1 Å². The topological polar surface area (TPSA) is 27.7 Å². The van der Waals surface area contributed by atoms with Gasteiger partial charge in [0.05, 0.1) is 7.11 Å². The van der Waals surface area contributed by atoms with Crippen molar-refractivity contribution in [2.75, 3.05) is 21.3 Å². The van der Waals surface area contributed by atoms with Crippen LogP contribution >= 0.6 is 11.6 Å². The molecule has 0 aromatic heterocycles. The average Bonchev–Trinajstić information content (AvgIpc) is 2.34. The lowest BCUT2D eigenvalue weighted by Gasteiger charge is -2.13. The Morgan fingerprint density at radius 2 is 1.82 bits per heavy atom. The predicted molar refractivity (Wildman–Crippen MR) is 68.7 cm³/mol. The molecule has 0 aliphatic rings. The number of ether oxygens (including phenoxy) is 3. The number of benzene rings is 1. The Hall–Kier alpha value is -0.770. The second-order valence-corrected chi connectivity index (χ2v) is 4.23. The van der Waals surface area contributed by atoms with Gasteiger partial charge in [-0.25, -0.2) is 0 Å². The first-order chi connectivity index (χ1) is 8.19. The number of halogens is 1. The quantitative estimate of drug-likeness (QED) is 0.703. The van der Waals surface area contributed by atoms with E-state index in [-0.39, 0.29) is 6.29 Å². The Labute approximate surface area is 108 Å². The number of rotatable bonds is 7. The average molecular weight is 259 g/mol. The third-order valence-electron chi connectivity index (χ3n) is 2.60. The van der Waals surface area contributed by atoms with Gasteiger partial charge in [-0.1, -0.05) is 11.6 Å². The smallest absolute Gasteiger partial charge is 0.156 e. The third kappa shape index (κ3) is 4.94. The van der Waals surface area contributed by atoms with E-state index in [4.69, 9.17) is 25.8 Å². The van der Waals surface area contributed by atoms with Crippen LogP contribution in [0.25, 0.3) is 0 Å². The largest absolute Gasteiger partial charge is 0.497 e. The Balaban J connectivity index is 2.48. The monoisotopic (exact) mass is 258 g/mol. The lowest BCUT2D eigenvalue weighted by Crippen LogP contribution is -2.12. The molecule has 0 atom stereocenters. The maximum Gasteiger partial charge on any atom is 0.156 e. The molecular formula is C13H19ClO3. The normalized spacial score (nSPS) is 10.9. The van der Waals surface area contributed by atoms with Crippen molar-refractivity contribution in [2.24, 2.45) is 0 Å². The minimum Gasteiger partial charge on any atom is -0.497 e. The van der Waals surface area contributed by atoms with Crippen molar-refractivity contribution < 1.29 is 14.2 Å². The molecule has 0 heterocycles. The van der Waals surface area contributed by atoms with Gasteiger partial charge in [0.25, 0.3) is 0 Å². The van der Waals surface area contributed by atoms with Gasteiger partial charge >= 0.3 is 0 Å². The van der Waals surface area contributed by atoms with E-state index >= 15 is 0 Å². The summed E-state index contributed by atoms with van der Waals surface area (Å²) in [6, 6.07) is 5.76. The second-order valence-electron chi connectivity index (χ2n) is 3.79. The van der Waals surface area contributed by atoms with Crippen LogP contribution in [0.5, 0.6) is 5.75 Å². The van der Waals surface area contributed by atoms with Gasteiger partial charge in [0.1, 0.15) is 5.75 Å². The molecular weight excluding hydrogens is 240 g/mol. The summed E-state index contributed by atoms with van der Waals surface area (Å²) in [7, 11) is 4.94. The molecule has 0 aliphatic heterocycles. The summed E-state index contributed by atoms with van der Waals surface area (Å²) in [5, 5.41) is 0.703. The zero-order chi connectivity index (χ0) is 12.7. The fraction of sp³-hybridized carbons (Fsp3) is 0.538. The lowest BCUT2D eigenvalue weighted by atomic mass is 10.1. The molecule has 1 aromatic carbocycles. The van der Waals surface area contributed by atoms with E-state index < -0.39 is 0 Å². The molecule has 1 aromatic rings. The van der Waals surface area contributed by atoms with Gasteiger partial charge in [-0.2, -0.15) is 0 Å². The molecule has 0 saturated carbocycles. The Morgan fingerprint density at radius 1 is 1.12 bits per heavy atom. The van der Waals surface area contributed by atoms with Gasteiger partial charge < -0.3 is 14.2 Å². The van der Waals surface area contributed by atoms with E-state index in [1.165, 1.54) is 5.56 Å². The summed E-state index contributed by atoms with van der Waals surface area (Å²) in [6.45, 7) is 0. The van der Waals surface area contributed by atoms with Crippen LogP contribution in [0.3, 0.4) is 0 Å². The molecule has 0 unspecified atom stereocenters. The van der Waals surface area contributed by atoms with Crippen molar-refractivity contribution in [3.05, 3.63) is 28.8 Å². The van der Waals surface area contributed by atoms with E-state index in [1.54, 1.807) is 27.4 Å². The standard InChI is InChI=1S/C13H19ClO3/c1-15-12-8-10(7-11(14)9-12)5-4-6-13(16-2)17-3/h7-9,13H,4-6H2,1-3H3. The minimum atomic E-state index is -0.129. The highest BCUT2D eigenvalue weighted by molar-refractivity contribution is 6.30. The van der Waals surface area contributed by atoms with Gasteiger partial charge in [0.15, 0.2) is 6.29 Å². The maximum absolute atomic E-state index is 6.00. The molecule has 0 saturated heterocycles. The summed E-state index contributed by atoms with van der Waals surface area (Å²) in [5.74, 6) is 0.794. The first kappa shape index (κ1) is 14.3. The van der Waals surface area contributed by atoms with Crippen molar-refractivity contribution in [1.29, 1.82) is 0 Å². The van der Waals surface area contributed by atoms with E-state index in [9.17, 15) is 0 Å². The predicted octanol–water partition coefficient (Wildman–Crippen LogP) is 3.29. The number of hydrogen-bond acceptors (Lipinski definition) is 3. The van der Waals surface area contributed by atoms with Crippen LogP contribution in [0.15, 0.2) is 18.2 Å². The van der Waals surface area contributed by atoms with Crippen LogP contribution in [0.1, 0.15) is 18.4 Å². The van der Waals surface area contributed by atoms with E-state index in [0.717, 1.165) is 25.0 Å². The molecule has 0 aliphatic carbocycles. The molecule has 0 radical (unpaired) electrons. The molecule has 0 spiro atoms. The van der Waals surface area contributed by atoms with Crippen molar-refractivity contribution >= 4 is 11.6 Å².